The Hall–Kier alpha value is -2.31. The molecule has 0 aromatic rings. The van der Waals surface area contributed by atoms with Crippen molar-refractivity contribution in [2.45, 2.75) is 376 Å². The first-order valence-corrected chi connectivity index (χ1v) is 36.0. The summed E-state index contributed by atoms with van der Waals surface area (Å²) >= 11 is 0. The zero-order valence-electron chi connectivity index (χ0n) is 55.3. The van der Waals surface area contributed by atoms with Gasteiger partial charge in [-0.05, 0) is 70.6 Å². The number of amides is 1. The molecule has 12 unspecified atom stereocenters. The van der Waals surface area contributed by atoms with Gasteiger partial charge in [-0.15, -0.1) is 0 Å². The Morgan fingerprint density at radius 3 is 1.21 bits per heavy atom. The van der Waals surface area contributed by atoms with Gasteiger partial charge in [-0.1, -0.05) is 286 Å². The molecule has 0 saturated carbocycles. The minimum absolute atomic E-state index is 0.246. The lowest BCUT2D eigenvalue weighted by Crippen LogP contribution is -2.65. The average Bonchev–Trinajstić information content (AvgIpc) is 3.71. The van der Waals surface area contributed by atoms with Gasteiger partial charge < -0.3 is 65.1 Å². The number of hydrogen-bond acceptors (Lipinski definition) is 13. The Balaban J connectivity index is 1.63. The number of allylic oxidation sites excluding steroid dienone is 9. The summed E-state index contributed by atoms with van der Waals surface area (Å²) in [6, 6.07) is -0.932. The number of hydrogen-bond donors (Lipinski definition) is 9. The van der Waals surface area contributed by atoms with Crippen LogP contribution in [0.15, 0.2) is 60.8 Å². The molecule has 0 aromatic carbocycles. The maximum Gasteiger partial charge on any atom is 0.220 e. The van der Waals surface area contributed by atoms with Gasteiger partial charge in [0.1, 0.15) is 48.8 Å². The van der Waals surface area contributed by atoms with Gasteiger partial charge in [-0.25, -0.2) is 0 Å². The first-order valence-electron chi connectivity index (χ1n) is 36.0. The summed E-state index contributed by atoms with van der Waals surface area (Å²) < 4.78 is 22.8. The molecule has 2 saturated heterocycles. The lowest BCUT2D eigenvalue weighted by Gasteiger charge is -2.46. The fraction of sp³-hybridized carbons (Fsp3) is 0.849. The molecule has 0 bridgehead atoms. The third-order valence-corrected chi connectivity index (χ3v) is 17.4. The molecule has 2 fully saturated rings. The van der Waals surface area contributed by atoms with E-state index in [4.69, 9.17) is 18.9 Å². The highest BCUT2D eigenvalue weighted by Crippen LogP contribution is 2.30. The van der Waals surface area contributed by atoms with Gasteiger partial charge in [-0.3, -0.25) is 4.79 Å². The van der Waals surface area contributed by atoms with Crippen LogP contribution in [0.25, 0.3) is 0 Å². The highest BCUT2D eigenvalue weighted by molar-refractivity contribution is 5.76. The summed E-state index contributed by atoms with van der Waals surface area (Å²) in [6.45, 7) is 2.80. The number of rotatable bonds is 59. The zero-order valence-corrected chi connectivity index (χ0v) is 55.3. The fourth-order valence-electron chi connectivity index (χ4n) is 11.7. The smallest absolute Gasteiger partial charge is 0.220 e. The Morgan fingerprint density at radius 2 is 0.770 bits per heavy atom. The maximum atomic E-state index is 13.3. The second kappa shape index (κ2) is 57.6. The van der Waals surface area contributed by atoms with Crippen molar-refractivity contribution in [2.24, 2.45) is 0 Å². The largest absolute Gasteiger partial charge is 0.394 e. The third-order valence-electron chi connectivity index (χ3n) is 17.4. The Bertz CT molecular complexity index is 1690. The van der Waals surface area contributed by atoms with Crippen molar-refractivity contribution in [3.05, 3.63) is 60.8 Å². The first kappa shape index (κ1) is 80.8. The minimum Gasteiger partial charge on any atom is -0.394 e. The second-order valence-corrected chi connectivity index (χ2v) is 25.4. The van der Waals surface area contributed by atoms with Crippen LogP contribution in [0.1, 0.15) is 303 Å². The van der Waals surface area contributed by atoms with Crippen LogP contribution >= 0.6 is 0 Å². The summed E-state index contributed by atoms with van der Waals surface area (Å²) in [7, 11) is 0. The topological polar surface area (TPSA) is 228 Å². The molecule has 14 heteroatoms. The number of nitrogens with one attached hydrogen (secondary N) is 1. The van der Waals surface area contributed by atoms with Crippen LogP contribution in [0.4, 0.5) is 0 Å². The highest BCUT2D eigenvalue weighted by atomic mass is 16.7. The van der Waals surface area contributed by atoms with E-state index in [1.54, 1.807) is 6.08 Å². The van der Waals surface area contributed by atoms with Gasteiger partial charge >= 0.3 is 0 Å². The number of aliphatic hydroxyl groups is 8. The summed E-state index contributed by atoms with van der Waals surface area (Å²) in [5.41, 5.74) is 0. The Kier molecular flexibility index (Phi) is 53.5. The van der Waals surface area contributed by atoms with E-state index in [2.05, 4.69) is 67.8 Å². The van der Waals surface area contributed by atoms with Crippen molar-refractivity contribution >= 4 is 5.91 Å². The van der Waals surface area contributed by atoms with E-state index < -0.39 is 86.8 Å². The Morgan fingerprint density at radius 1 is 0.414 bits per heavy atom. The molecule has 2 aliphatic heterocycles. The molecule has 87 heavy (non-hydrogen) atoms. The van der Waals surface area contributed by atoms with E-state index in [0.717, 1.165) is 44.9 Å². The SMILES string of the molecule is CCCCCCC/C=C\C/C=C\C/C=C\CCCCCCCCCCCCCCCCCCCCCCC(=O)NC(COC1OC(CO)C(OC2OC(CO)C(O)C(O)C2O)C(O)C1O)C(O)/C=C/CC/C=C/CCCCCCCCCCCCCC. The first-order chi connectivity index (χ1) is 42.6. The number of aliphatic hydroxyl groups excluding tert-OH is 8. The van der Waals surface area contributed by atoms with E-state index in [1.165, 1.54) is 225 Å². The summed E-state index contributed by atoms with van der Waals surface area (Å²) in [4.78, 5) is 13.3. The lowest BCUT2D eigenvalue weighted by molar-refractivity contribution is -0.359. The molecule has 2 heterocycles. The molecule has 0 spiro atoms. The van der Waals surface area contributed by atoms with Crippen LogP contribution in [0.5, 0.6) is 0 Å². The lowest BCUT2D eigenvalue weighted by atomic mass is 9.97. The van der Waals surface area contributed by atoms with Gasteiger partial charge in [0, 0.05) is 6.42 Å². The predicted octanol–water partition coefficient (Wildman–Crippen LogP) is 14.8. The maximum absolute atomic E-state index is 13.3. The van der Waals surface area contributed by atoms with Crippen LogP contribution in [-0.2, 0) is 23.7 Å². The zero-order chi connectivity index (χ0) is 63.1. The van der Waals surface area contributed by atoms with Crippen molar-refractivity contribution in [1.82, 2.24) is 5.32 Å². The number of carbonyl (C=O) groups excluding carboxylic acids is 1. The number of unbranched alkanes of at least 4 members (excludes halogenated alkanes) is 38. The third kappa shape index (κ3) is 41.7. The number of carbonyl (C=O) groups is 1. The van der Waals surface area contributed by atoms with Crippen molar-refractivity contribution in [2.75, 3.05) is 19.8 Å². The van der Waals surface area contributed by atoms with Gasteiger partial charge in [0.25, 0.3) is 0 Å². The molecule has 0 aromatic heterocycles. The van der Waals surface area contributed by atoms with Crippen LogP contribution in [-0.4, -0.2) is 140 Å². The van der Waals surface area contributed by atoms with E-state index >= 15 is 0 Å². The van der Waals surface area contributed by atoms with Gasteiger partial charge in [0.2, 0.25) is 5.91 Å². The molecule has 0 radical (unpaired) electrons. The molecule has 2 rings (SSSR count). The van der Waals surface area contributed by atoms with E-state index in [9.17, 15) is 45.6 Å². The molecule has 12 atom stereocenters. The fourth-order valence-corrected chi connectivity index (χ4v) is 11.7. The van der Waals surface area contributed by atoms with Crippen LogP contribution in [0, 0.1) is 0 Å². The van der Waals surface area contributed by atoms with Crippen molar-refractivity contribution in [3.8, 4) is 0 Å². The molecule has 14 nitrogen and oxygen atoms in total. The molecule has 508 valence electrons. The van der Waals surface area contributed by atoms with E-state index in [0.29, 0.717) is 12.8 Å². The van der Waals surface area contributed by atoms with E-state index in [1.807, 2.05) is 6.08 Å². The molecule has 9 N–H and O–H groups in total. The van der Waals surface area contributed by atoms with Gasteiger partial charge in [-0.2, -0.15) is 0 Å². The quantitative estimate of drug-likeness (QED) is 0.0204. The molecular weight excluding hydrogens is 1100 g/mol. The normalized spacial score (nSPS) is 23.6. The van der Waals surface area contributed by atoms with Gasteiger partial charge in [0.15, 0.2) is 12.6 Å². The monoisotopic (exact) mass is 1230 g/mol. The minimum atomic E-state index is -1.79. The van der Waals surface area contributed by atoms with Crippen molar-refractivity contribution in [1.29, 1.82) is 0 Å². The van der Waals surface area contributed by atoms with Crippen molar-refractivity contribution < 1.29 is 64.6 Å². The van der Waals surface area contributed by atoms with Crippen molar-refractivity contribution in [3.63, 3.8) is 0 Å². The molecule has 2 aliphatic rings. The van der Waals surface area contributed by atoms with Crippen LogP contribution in [0.3, 0.4) is 0 Å². The summed E-state index contributed by atoms with van der Waals surface area (Å²) in [6.07, 6.45) is 60.0. The van der Waals surface area contributed by atoms with E-state index in [-0.39, 0.29) is 18.9 Å². The molecule has 1 amide bonds. The highest BCUT2D eigenvalue weighted by Gasteiger charge is 2.51. The summed E-state index contributed by atoms with van der Waals surface area (Å²) in [5, 5.41) is 87.4. The predicted molar refractivity (Wildman–Crippen MR) is 355 cm³/mol. The average molecular weight is 1230 g/mol. The number of ether oxygens (including phenoxy) is 4. The molecular formula is C73H133NO13. The summed E-state index contributed by atoms with van der Waals surface area (Å²) in [5.74, 6) is -0.246. The van der Waals surface area contributed by atoms with Crippen LogP contribution < -0.4 is 5.32 Å². The molecule has 0 aliphatic carbocycles. The standard InChI is InChI=1S/C73H133NO13/c1-3-5-7-9-11-13-15-17-19-21-23-24-25-26-27-28-29-30-31-32-33-34-35-36-37-38-39-41-43-45-47-49-51-53-55-57-65(78)74-61(62(77)56-54-52-50-48-46-44-42-40-22-20-18-16-14-12-10-8-6-4-2)60-84-72-70(83)68(81)71(64(59-76)86-72)87-73-69(82)67(80)66(79)63(58-75)85-73/h15,17,21,23,25-26,46,48,54,56,61-64,66-73,75-77,79-83H,3-14,16,18-20,22,24,27-45,47,49-53,55,57-60H2,1-2H3,(H,74,78)/b17-15-,23-21-,26-25-,48-46+,56-54+. The Labute approximate surface area is 530 Å². The van der Waals surface area contributed by atoms with Crippen LogP contribution in [0.2, 0.25) is 0 Å². The van der Waals surface area contributed by atoms with Gasteiger partial charge in [0.05, 0.1) is 32.0 Å². The second-order valence-electron chi connectivity index (χ2n) is 25.4.